The van der Waals surface area contributed by atoms with Crippen molar-refractivity contribution in [1.82, 2.24) is 9.29 Å². The third-order valence-corrected chi connectivity index (χ3v) is 5.83. The van der Waals surface area contributed by atoms with E-state index in [-0.39, 0.29) is 17.3 Å². The number of aromatic nitrogens is 1. The maximum absolute atomic E-state index is 12.5. The number of alkyl halides is 1. The Kier molecular flexibility index (Phi) is 5.04. The first-order chi connectivity index (χ1) is 9.45. The van der Waals surface area contributed by atoms with Gasteiger partial charge < -0.3 is 0 Å². The van der Waals surface area contributed by atoms with Crippen LogP contribution in [0.2, 0.25) is 5.02 Å². The minimum atomic E-state index is -3.58. The standard InChI is InChI=1S/C12H12Cl2N2O2S2/c1-16(6-10-7-19-8-15-10)20(17,18)11-2-3-12(14)9(4-11)5-13/h2-4,7-8H,5-6H2,1H3. The molecule has 0 aliphatic heterocycles. The molecule has 1 aromatic carbocycles. The van der Waals surface area contributed by atoms with Crippen molar-refractivity contribution in [2.24, 2.45) is 0 Å². The van der Waals surface area contributed by atoms with Crippen molar-refractivity contribution in [3.05, 3.63) is 45.4 Å². The molecular formula is C12H12Cl2N2O2S2. The smallest absolute Gasteiger partial charge is 0.243 e. The largest absolute Gasteiger partial charge is 0.248 e. The van der Waals surface area contributed by atoms with Crippen molar-refractivity contribution in [2.45, 2.75) is 17.3 Å². The van der Waals surface area contributed by atoms with Crippen LogP contribution in [0.5, 0.6) is 0 Å². The molecule has 0 unspecified atom stereocenters. The Morgan fingerprint density at radius 3 is 2.75 bits per heavy atom. The summed E-state index contributed by atoms with van der Waals surface area (Å²) >= 11 is 13.1. The van der Waals surface area contributed by atoms with E-state index in [1.54, 1.807) is 11.6 Å². The number of hydrogen-bond donors (Lipinski definition) is 0. The van der Waals surface area contributed by atoms with E-state index in [4.69, 9.17) is 23.2 Å². The van der Waals surface area contributed by atoms with Crippen molar-refractivity contribution in [2.75, 3.05) is 7.05 Å². The predicted octanol–water partition coefficient (Wildman–Crippen LogP) is 3.36. The molecule has 0 radical (unpaired) electrons. The lowest BCUT2D eigenvalue weighted by atomic mass is 10.2. The summed E-state index contributed by atoms with van der Waals surface area (Å²) < 4.78 is 26.2. The highest BCUT2D eigenvalue weighted by molar-refractivity contribution is 7.89. The molecule has 0 saturated heterocycles. The molecule has 0 bridgehead atoms. The second-order valence-corrected chi connectivity index (χ2v) is 7.57. The van der Waals surface area contributed by atoms with Gasteiger partial charge in [0.1, 0.15) is 0 Å². The maximum atomic E-state index is 12.5. The summed E-state index contributed by atoms with van der Waals surface area (Å²) in [5, 5.41) is 2.28. The van der Waals surface area contributed by atoms with E-state index in [0.717, 1.165) is 0 Å². The fraction of sp³-hybridized carbons (Fsp3) is 0.250. The molecule has 0 saturated carbocycles. The van der Waals surface area contributed by atoms with Gasteiger partial charge >= 0.3 is 0 Å². The van der Waals surface area contributed by atoms with Gasteiger partial charge in [0.05, 0.1) is 22.6 Å². The average molecular weight is 351 g/mol. The van der Waals surface area contributed by atoms with Crippen molar-refractivity contribution >= 4 is 44.6 Å². The van der Waals surface area contributed by atoms with Crippen molar-refractivity contribution in [1.29, 1.82) is 0 Å². The molecule has 1 aromatic heterocycles. The van der Waals surface area contributed by atoms with Crippen molar-refractivity contribution in [3.63, 3.8) is 0 Å². The number of benzene rings is 1. The second-order valence-electron chi connectivity index (χ2n) is 4.13. The zero-order chi connectivity index (χ0) is 14.8. The van der Waals surface area contributed by atoms with Crippen LogP contribution in [0.25, 0.3) is 0 Å². The van der Waals surface area contributed by atoms with Crippen LogP contribution in [0.3, 0.4) is 0 Å². The van der Waals surface area contributed by atoms with Gasteiger partial charge in [0.15, 0.2) is 0 Å². The Bertz CT molecular complexity index is 687. The second kappa shape index (κ2) is 6.41. The Hall–Kier alpha value is -0.660. The van der Waals surface area contributed by atoms with Crippen LogP contribution in [0, 0.1) is 0 Å². The SMILES string of the molecule is CN(Cc1cscn1)S(=O)(=O)c1ccc(Cl)c(CCl)c1. The van der Waals surface area contributed by atoms with E-state index < -0.39 is 10.0 Å². The molecule has 2 rings (SSSR count). The highest BCUT2D eigenvalue weighted by atomic mass is 35.5. The summed E-state index contributed by atoms with van der Waals surface area (Å²) in [6.45, 7) is 0.227. The van der Waals surface area contributed by atoms with Gasteiger partial charge in [-0.05, 0) is 23.8 Å². The highest BCUT2D eigenvalue weighted by Crippen LogP contribution is 2.24. The zero-order valence-electron chi connectivity index (χ0n) is 10.6. The molecule has 2 aromatic rings. The lowest BCUT2D eigenvalue weighted by molar-refractivity contribution is 0.463. The molecular weight excluding hydrogens is 339 g/mol. The van der Waals surface area contributed by atoms with E-state index in [1.807, 2.05) is 5.38 Å². The first kappa shape index (κ1) is 15.7. The van der Waals surface area contributed by atoms with Crippen molar-refractivity contribution in [3.8, 4) is 0 Å². The third kappa shape index (κ3) is 3.32. The number of hydrogen-bond acceptors (Lipinski definition) is 4. The first-order valence-corrected chi connectivity index (χ1v) is 8.92. The Labute approximate surface area is 132 Å². The number of nitrogens with zero attached hydrogens (tertiary/aromatic N) is 2. The summed E-state index contributed by atoms with van der Waals surface area (Å²) in [5.74, 6) is 0.165. The summed E-state index contributed by atoms with van der Waals surface area (Å²) in [4.78, 5) is 4.26. The molecule has 0 aliphatic rings. The number of rotatable bonds is 5. The minimum Gasteiger partial charge on any atom is -0.248 e. The average Bonchev–Trinajstić information content (AvgIpc) is 2.91. The lowest BCUT2D eigenvalue weighted by Crippen LogP contribution is -2.26. The van der Waals surface area contributed by atoms with Crippen LogP contribution in [0.1, 0.15) is 11.3 Å². The first-order valence-electron chi connectivity index (χ1n) is 5.63. The van der Waals surface area contributed by atoms with Crippen LogP contribution in [0.15, 0.2) is 34.0 Å². The summed E-state index contributed by atoms with van der Waals surface area (Å²) in [6, 6.07) is 4.52. The monoisotopic (exact) mass is 350 g/mol. The summed E-state index contributed by atoms with van der Waals surface area (Å²) in [5.41, 5.74) is 2.98. The fourth-order valence-corrected chi connectivity index (χ4v) is 3.84. The lowest BCUT2D eigenvalue weighted by Gasteiger charge is -2.16. The zero-order valence-corrected chi connectivity index (χ0v) is 13.7. The molecule has 8 heteroatoms. The van der Waals surface area contributed by atoms with Crippen LogP contribution in [0.4, 0.5) is 0 Å². The van der Waals surface area contributed by atoms with E-state index in [0.29, 0.717) is 16.3 Å². The van der Waals surface area contributed by atoms with E-state index in [9.17, 15) is 8.42 Å². The van der Waals surface area contributed by atoms with Gasteiger partial charge in [0.25, 0.3) is 0 Å². The van der Waals surface area contributed by atoms with Gasteiger partial charge in [-0.3, -0.25) is 0 Å². The Morgan fingerprint density at radius 2 is 2.15 bits per heavy atom. The van der Waals surface area contributed by atoms with Crippen LogP contribution >= 0.6 is 34.5 Å². The molecule has 20 heavy (non-hydrogen) atoms. The molecule has 0 atom stereocenters. The summed E-state index contributed by atoms with van der Waals surface area (Å²) in [7, 11) is -2.07. The van der Waals surface area contributed by atoms with E-state index in [2.05, 4.69) is 4.98 Å². The van der Waals surface area contributed by atoms with Crippen LogP contribution in [-0.4, -0.2) is 24.8 Å². The number of sulfonamides is 1. The number of halogens is 2. The molecule has 1 heterocycles. The molecule has 0 N–H and O–H groups in total. The minimum absolute atomic E-state index is 0.165. The van der Waals surface area contributed by atoms with Gasteiger partial charge in [-0.1, -0.05) is 11.6 Å². The molecule has 0 amide bonds. The van der Waals surface area contributed by atoms with Crippen molar-refractivity contribution < 1.29 is 8.42 Å². The normalized spacial score (nSPS) is 12.0. The van der Waals surface area contributed by atoms with E-state index >= 15 is 0 Å². The third-order valence-electron chi connectivity index (χ3n) is 2.74. The molecule has 0 spiro atoms. The topological polar surface area (TPSA) is 50.3 Å². The molecule has 4 nitrogen and oxygen atoms in total. The van der Waals surface area contributed by atoms with Gasteiger partial charge in [-0.2, -0.15) is 4.31 Å². The van der Waals surface area contributed by atoms with Crippen LogP contribution < -0.4 is 0 Å². The van der Waals surface area contributed by atoms with Crippen LogP contribution in [-0.2, 0) is 22.4 Å². The van der Waals surface area contributed by atoms with Gasteiger partial charge in [0, 0.05) is 23.3 Å². The summed E-state index contributed by atoms with van der Waals surface area (Å²) in [6.07, 6.45) is 0. The Balaban J connectivity index is 2.29. The number of thiazole rings is 1. The Morgan fingerprint density at radius 1 is 1.40 bits per heavy atom. The van der Waals surface area contributed by atoms with E-state index in [1.165, 1.54) is 34.8 Å². The fourth-order valence-electron chi connectivity index (χ4n) is 1.62. The molecule has 0 fully saturated rings. The highest BCUT2D eigenvalue weighted by Gasteiger charge is 2.22. The predicted molar refractivity (Wildman–Crippen MR) is 81.8 cm³/mol. The molecule has 108 valence electrons. The maximum Gasteiger partial charge on any atom is 0.243 e. The molecule has 0 aliphatic carbocycles. The van der Waals surface area contributed by atoms with Gasteiger partial charge in [0.2, 0.25) is 10.0 Å². The van der Waals surface area contributed by atoms with Gasteiger partial charge in [-0.15, -0.1) is 22.9 Å². The quantitative estimate of drug-likeness (QED) is 0.776. The van der Waals surface area contributed by atoms with Gasteiger partial charge in [-0.25, -0.2) is 13.4 Å².